The Kier molecular flexibility index (Phi) is 8.42. The van der Waals surface area contributed by atoms with Crippen LogP contribution in [0.4, 0.5) is 0 Å². The molecule has 4 fully saturated rings. The summed E-state index contributed by atoms with van der Waals surface area (Å²) in [4.78, 5) is 11.5. The first kappa shape index (κ1) is 30.0. The summed E-state index contributed by atoms with van der Waals surface area (Å²) in [6, 6.07) is 21.9. The zero-order valence-electron chi connectivity index (χ0n) is 26.2. The number of fused-ring (bicyclic) bond motifs is 5. The molecule has 0 spiro atoms. The molecule has 0 heterocycles. The van der Waals surface area contributed by atoms with Gasteiger partial charge in [0.1, 0.15) is 6.10 Å². The Balaban J connectivity index is 1.15. The second-order valence-electron chi connectivity index (χ2n) is 14.9. The van der Waals surface area contributed by atoms with Crippen molar-refractivity contribution < 1.29 is 9.53 Å². The molecule has 0 bridgehead atoms. The molecule has 9 atom stereocenters. The van der Waals surface area contributed by atoms with Gasteiger partial charge in [-0.3, -0.25) is 4.79 Å². The van der Waals surface area contributed by atoms with E-state index in [1.165, 1.54) is 50.2 Å². The van der Waals surface area contributed by atoms with E-state index in [2.05, 4.69) is 93.6 Å². The zero-order valence-corrected chi connectivity index (χ0v) is 27.0. The third-order valence-corrected chi connectivity index (χ3v) is 13.7. The number of halogens is 1. The lowest BCUT2D eigenvalue weighted by Crippen LogP contribution is -2.60. The summed E-state index contributed by atoms with van der Waals surface area (Å²) in [7, 11) is 0. The Bertz CT molecular complexity index is 1220. The number of hydrogen-bond donors (Lipinski definition) is 0. The number of hydrogen-bond acceptors (Lipinski definition) is 2. The van der Waals surface area contributed by atoms with Gasteiger partial charge in [0, 0.05) is 19.3 Å². The standard InChI is InChI=1S/C39H51ClO2/c1-27(12-11-17-32(29-13-7-5-8-14-29)30-15-9-6-10-16-30)34-18-19-35-33-21-25-39(40)26-31(42-28(2)41)20-24-38(39,4)36(33)22-23-37(34,35)3/h5-11,13-17,27,31-36H,12,18-26H2,1-4H3/b17-11+/t27-,31+,33+,34-,35+,36+,37-,38-,39-/m1/s1. The molecule has 2 aromatic rings. The monoisotopic (exact) mass is 586 g/mol. The van der Waals surface area contributed by atoms with Crippen LogP contribution in [0.15, 0.2) is 72.8 Å². The van der Waals surface area contributed by atoms with Gasteiger partial charge in [0.2, 0.25) is 0 Å². The maximum Gasteiger partial charge on any atom is 0.302 e. The van der Waals surface area contributed by atoms with Gasteiger partial charge in [-0.1, -0.05) is 93.6 Å². The Morgan fingerprint density at radius 3 is 2.21 bits per heavy atom. The second kappa shape index (κ2) is 11.8. The van der Waals surface area contributed by atoms with Crippen molar-refractivity contribution in [3.05, 3.63) is 83.9 Å². The predicted molar refractivity (Wildman–Crippen MR) is 174 cm³/mol. The molecule has 42 heavy (non-hydrogen) atoms. The van der Waals surface area contributed by atoms with Crippen LogP contribution < -0.4 is 0 Å². The summed E-state index contributed by atoms with van der Waals surface area (Å²) in [5.74, 6) is 3.92. The highest BCUT2D eigenvalue weighted by molar-refractivity contribution is 6.24. The maximum absolute atomic E-state index is 11.7. The van der Waals surface area contributed by atoms with Crippen molar-refractivity contribution in [2.24, 2.45) is 40.4 Å². The molecule has 4 saturated carbocycles. The van der Waals surface area contributed by atoms with E-state index in [0.717, 1.165) is 49.9 Å². The molecule has 0 aliphatic heterocycles. The number of ether oxygens (including phenoxy) is 1. The summed E-state index contributed by atoms with van der Waals surface area (Å²) < 4.78 is 5.68. The first-order valence-electron chi connectivity index (χ1n) is 16.8. The quantitative estimate of drug-likeness (QED) is 0.183. The summed E-state index contributed by atoms with van der Waals surface area (Å²) >= 11 is 7.55. The van der Waals surface area contributed by atoms with E-state index in [1.807, 2.05) is 0 Å². The molecule has 3 heteroatoms. The van der Waals surface area contributed by atoms with E-state index in [9.17, 15) is 4.79 Å². The molecule has 226 valence electrons. The van der Waals surface area contributed by atoms with Crippen molar-refractivity contribution in [3.8, 4) is 0 Å². The SMILES string of the molecule is CC(=O)O[C@H]1CC[C@]2(C)[C@H]3CC[C@]4(C)[C@@H]([C@H](C)C/C=C/C(c5ccccc5)c5ccccc5)CC[C@H]4[C@@H]3CC[C@@]2(Cl)C1. The number of esters is 1. The molecule has 4 aliphatic carbocycles. The molecular weight excluding hydrogens is 536 g/mol. The fourth-order valence-corrected chi connectivity index (χ4v) is 11.3. The number of carbonyl (C=O) groups excluding carboxylic acids is 1. The van der Waals surface area contributed by atoms with Crippen LogP contribution in [0.25, 0.3) is 0 Å². The number of rotatable bonds is 7. The minimum absolute atomic E-state index is 0.00775. The van der Waals surface area contributed by atoms with Gasteiger partial charge in [0.05, 0.1) is 4.87 Å². The number of benzene rings is 2. The van der Waals surface area contributed by atoms with E-state index >= 15 is 0 Å². The van der Waals surface area contributed by atoms with Crippen LogP contribution in [0, 0.1) is 40.4 Å². The van der Waals surface area contributed by atoms with Gasteiger partial charge in [-0.05, 0) is 109 Å². The average Bonchev–Trinajstić information content (AvgIpc) is 3.34. The van der Waals surface area contributed by atoms with E-state index in [0.29, 0.717) is 23.2 Å². The third-order valence-electron chi connectivity index (χ3n) is 12.9. The second-order valence-corrected chi connectivity index (χ2v) is 15.7. The summed E-state index contributed by atoms with van der Waals surface area (Å²) in [5, 5.41) is 0. The highest BCUT2D eigenvalue weighted by Gasteiger charge is 2.64. The van der Waals surface area contributed by atoms with Crippen molar-refractivity contribution >= 4 is 17.6 Å². The normalized spacial score (nSPS) is 38.5. The maximum atomic E-state index is 11.7. The zero-order chi connectivity index (χ0) is 29.5. The number of allylic oxidation sites excluding steroid dienone is 2. The largest absolute Gasteiger partial charge is 0.462 e. The molecule has 0 unspecified atom stereocenters. The molecule has 0 radical (unpaired) electrons. The number of carbonyl (C=O) groups is 1. The lowest BCUT2D eigenvalue weighted by molar-refractivity contribution is -0.157. The van der Waals surface area contributed by atoms with Gasteiger partial charge in [-0.25, -0.2) is 0 Å². The summed E-state index contributed by atoms with van der Waals surface area (Å²) in [6.07, 6.45) is 16.7. The van der Waals surface area contributed by atoms with Crippen LogP contribution in [-0.2, 0) is 9.53 Å². The Labute approximate surface area is 259 Å². The summed E-state index contributed by atoms with van der Waals surface area (Å²) in [6.45, 7) is 9.22. The van der Waals surface area contributed by atoms with Crippen molar-refractivity contribution in [2.75, 3.05) is 0 Å². The van der Waals surface area contributed by atoms with Crippen LogP contribution in [0.3, 0.4) is 0 Å². The predicted octanol–water partition coefficient (Wildman–Crippen LogP) is 10.4. The molecule has 2 aromatic carbocycles. The Morgan fingerprint density at radius 1 is 0.905 bits per heavy atom. The molecule has 0 N–H and O–H groups in total. The summed E-state index contributed by atoms with van der Waals surface area (Å²) in [5.41, 5.74) is 3.31. The molecular formula is C39H51ClO2. The first-order chi connectivity index (χ1) is 20.1. The molecule has 0 saturated heterocycles. The fraction of sp³-hybridized carbons (Fsp3) is 0.615. The van der Waals surface area contributed by atoms with Crippen molar-refractivity contribution in [1.82, 2.24) is 0 Å². The topological polar surface area (TPSA) is 26.3 Å². The molecule has 4 aliphatic rings. The van der Waals surface area contributed by atoms with Crippen molar-refractivity contribution in [1.29, 1.82) is 0 Å². The van der Waals surface area contributed by atoms with Crippen LogP contribution in [0.5, 0.6) is 0 Å². The lowest BCUT2D eigenvalue weighted by Gasteiger charge is -2.64. The van der Waals surface area contributed by atoms with E-state index in [-0.39, 0.29) is 22.4 Å². The first-order valence-corrected chi connectivity index (χ1v) is 17.1. The lowest BCUT2D eigenvalue weighted by atomic mass is 9.44. The van der Waals surface area contributed by atoms with Gasteiger partial charge >= 0.3 is 5.97 Å². The smallest absolute Gasteiger partial charge is 0.302 e. The molecule has 0 aromatic heterocycles. The van der Waals surface area contributed by atoms with Crippen molar-refractivity contribution in [3.63, 3.8) is 0 Å². The highest BCUT2D eigenvalue weighted by Crippen LogP contribution is 2.70. The highest BCUT2D eigenvalue weighted by atomic mass is 35.5. The van der Waals surface area contributed by atoms with Crippen LogP contribution in [-0.4, -0.2) is 16.9 Å². The molecule has 6 rings (SSSR count). The minimum atomic E-state index is -0.232. The van der Waals surface area contributed by atoms with Crippen LogP contribution in [0.1, 0.15) is 109 Å². The third kappa shape index (κ3) is 5.29. The fourth-order valence-electron chi connectivity index (χ4n) is 10.8. The van der Waals surface area contributed by atoms with Crippen molar-refractivity contribution in [2.45, 2.75) is 109 Å². The van der Waals surface area contributed by atoms with Crippen LogP contribution >= 0.6 is 11.6 Å². The van der Waals surface area contributed by atoms with Gasteiger partial charge < -0.3 is 4.74 Å². The van der Waals surface area contributed by atoms with Crippen LogP contribution in [0.2, 0.25) is 0 Å². The average molecular weight is 587 g/mol. The van der Waals surface area contributed by atoms with Gasteiger partial charge in [0.15, 0.2) is 0 Å². The molecule has 0 amide bonds. The Hall–Kier alpha value is -2.06. The Morgan fingerprint density at radius 2 is 1.57 bits per heavy atom. The van der Waals surface area contributed by atoms with E-state index in [1.54, 1.807) is 0 Å². The van der Waals surface area contributed by atoms with Gasteiger partial charge in [-0.15, -0.1) is 11.6 Å². The van der Waals surface area contributed by atoms with E-state index in [4.69, 9.17) is 16.3 Å². The minimum Gasteiger partial charge on any atom is -0.462 e. The van der Waals surface area contributed by atoms with E-state index < -0.39 is 0 Å². The number of alkyl halides is 1. The van der Waals surface area contributed by atoms with Gasteiger partial charge in [0.25, 0.3) is 0 Å². The van der Waals surface area contributed by atoms with Gasteiger partial charge in [-0.2, -0.15) is 0 Å². The molecule has 2 nitrogen and oxygen atoms in total.